The Morgan fingerprint density at radius 1 is 0.808 bits per heavy atom. The molecule has 0 saturated heterocycles. The van der Waals surface area contributed by atoms with E-state index in [-0.39, 0.29) is 24.7 Å². The lowest BCUT2D eigenvalue weighted by molar-refractivity contribution is -0.180. The van der Waals surface area contributed by atoms with E-state index in [1.165, 1.54) is 0 Å². The first kappa shape index (κ1) is 20.6. The summed E-state index contributed by atoms with van der Waals surface area (Å²) in [6, 6.07) is 0. The minimum Gasteiger partial charge on any atom is -0.436 e. The minimum absolute atomic E-state index is 0.0324. The van der Waals surface area contributed by atoms with Crippen molar-refractivity contribution in [3.63, 3.8) is 0 Å². The molecule has 4 unspecified atom stereocenters. The molecule has 0 aromatic heterocycles. The van der Waals surface area contributed by atoms with Crippen LogP contribution in [-0.2, 0) is 19.1 Å². The van der Waals surface area contributed by atoms with E-state index in [4.69, 9.17) is 9.47 Å². The summed E-state index contributed by atoms with van der Waals surface area (Å²) < 4.78 is 10.1. The molecule has 6 nitrogen and oxygen atoms in total. The van der Waals surface area contributed by atoms with Crippen LogP contribution in [0.5, 0.6) is 0 Å². The molecule has 0 spiro atoms. The van der Waals surface area contributed by atoms with Crippen LogP contribution in [0, 0.1) is 11.8 Å². The van der Waals surface area contributed by atoms with Crippen molar-refractivity contribution >= 4 is 11.9 Å². The first-order valence-corrected chi connectivity index (χ1v) is 9.61. The lowest BCUT2D eigenvalue weighted by atomic mass is 9.94. The van der Waals surface area contributed by atoms with Crippen molar-refractivity contribution in [1.29, 1.82) is 0 Å². The van der Waals surface area contributed by atoms with Gasteiger partial charge in [0.15, 0.2) is 0 Å². The van der Waals surface area contributed by atoms with E-state index in [9.17, 15) is 19.8 Å². The van der Waals surface area contributed by atoms with Gasteiger partial charge in [0.1, 0.15) is 0 Å². The lowest BCUT2D eigenvalue weighted by Crippen LogP contribution is -2.27. The van der Waals surface area contributed by atoms with E-state index in [0.717, 1.165) is 38.5 Å². The van der Waals surface area contributed by atoms with Gasteiger partial charge in [0.25, 0.3) is 0 Å². The molecule has 0 fully saturated rings. The van der Waals surface area contributed by atoms with Crippen LogP contribution in [0.4, 0.5) is 0 Å². The number of unbranched alkanes of at least 4 members (excludes halogenated alkanes) is 1. The van der Waals surface area contributed by atoms with Crippen LogP contribution in [0.2, 0.25) is 0 Å². The van der Waals surface area contributed by atoms with Gasteiger partial charge < -0.3 is 19.7 Å². The van der Waals surface area contributed by atoms with Crippen LogP contribution in [0.25, 0.3) is 0 Å². The Morgan fingerprint density at radius 2 is 1.23 bits per heavy atom. The predicted octanol–water partition coefficient (Wildman–Crippen LogP) is 2.98. The maximum absolute atomic E-state index is 11.8. The summed E-state index contributed by atoms with van der Waals surface area (Å²) in [6.07, 6.45) is 12.1. The SMILES string of the molecule is O=C(CCCCC(=O)OC(O)C1CC=CCC1)OC(O)C1CC=CCC1. The molecular formula is C20H30O6. The second-order valence-electron chi connectivity index (χ2n) is 7.06. The van der Waals surface area contributed by atoms with Crippen LogP contribution in [-0.4, -0.2) is 34.7 Å². The molecule has 0 heterocycles. The Balaban J connectivity index is 1.54. The number of esters is 2. The van der Waals surface area contributed by atoms with Crippen LogP contribution >= 0.6 is 0 Å². The highest BCUT2D eigenvalue weighted by molar-refractivity contribution is 5.70. The maximum Gasteiger partial charge on any atom is 0.308 e. The zero-order valence-electron chi connectivity index (χ0n) is 15.2. The molecule has 2 rings (SSSR count). The van der Waals surface area contributed by atoms with E-state index in [1.54, 1.807) is 0 Å². The normalized spacial score (nSPS) is 24.7. The van der Waals surface area contributed by atoms with Gasteiger partial charge in [-0.05, 0) is 51.4 Å². The largest absolute Gasteiger partial charge is 0.436 e. The molecule has 0 saturated carbocycles. The Hall–Kier alpha value is -1.66. The monoisotopic (exact) mass is 366 g/mol. The average molecular weight is 366 g/mol. The second kappa shape index (κ2) is 11.1. The first-order chi connectivity index (χ1) is 12.6. The zero-order valence-corrected chi connectivity index (χ0v) is 15.2. The Bertz CT molecular complexity index is 466. The zero-order chi connectivity index (χ0) is 18.8. The Labute approximate surface area is 154 Å². The average Bonchev–Trinajstić information content (AvgIpc) is 2.66. The predicted molar refractivity (Wildman–Crippen MR) is 95.6 cm³/mol. The first-order valence-electron chi connectivity index (χ1n) is 9.61. The molecule has 2 N–H and O–H groups in total. The van der Waals surface area contributed by atoms with Crippen molar-refractivity contribution in [2.75, 3.05) is 0 Å². The number of rotatable bonds is 9. The summed E-state index contributed by atoms with van der Waals surface area (Å²) in [5.74, 6) is -0.964. The molecule has 0 aromatic rings. The van der Waals surface area contributed by atoms with Gasteiger partial charge in [0.05, 0.1) is 0 Å². The van der Waals surface area contributed by atoms with Gasteiger partial charge in [-0.1, -0.05) is 24.3 Å². The number of carbonyl (C=O) groups excluding carboxylic acids is 2. The van der Waals surface area contributed by atoms with E-state index in [0.29, 0.717) is 12.8 Å². The molecule has 4 atom stereocenters. The fourth-order valence-corrected chi connectivity index (χ4v) is 3.27. The van der Waals surface area contributed by atoms with Gasteiger partial charge in [-0.25, -0.2) is 0 Å². The summed E-state index contributed by atoms with van der Waals surface area (Å²) in [6.45, 7) is 0. The number of aliphatic hydroxyl groups excluding tert-OH is 2. The lowest BCUT2D eigenvalue weighted by Gasteiger charge is -2.23. The molecule has 0 aliphatic heterocycles. The van der Waals surface area contributed by atoms with Gasteiger partial charge >= 0.3 is 11.9 Å². The van der Waals surface area contributed by atoms with Gasteiger partial charge in [-0.15, -0.1) is 0 Å². The second-order valence-corrected chi connectivity index (χ2v) is 7.06. The highest BCUT2D eigenvalue weighted by Gasteiger charge is 2.24. The third kappa shape index (κ3) is 7.30. The van der Waals surface area contributed by atoms with Gasteiger partial charge in [-0.3, -0.25) is 9.59 Å². The number of aliphatic hydroxyl groups is 2. The summed E-state index contributed by atoms with van der Waals surface area (Å²) in [5.41, 5.74) is 0. The molecule has 6 heteroatoms. The summed E-state index contributed by atoms with van der Waals surface area (Å²) in [5, 5.41) is 19.9. The number of hydrogen-bond donors (Lipinski definition) is 2. The van der Waals surface area contributed by atoms with Crippen LogP contribution in [0.1, 0.15) is 64.2 Å². The quantitative estimate of drug-likeness (QED) is 0.282. The van der Waals surface area contributed by atoms with Gasteiger partial charge in [-0.2, -0.15) is 0 Å². The van der Waals surface area contributed by atoms with E-state index < -0.39 is 24.5 Å². The molecule has 2 aliphatic rings. The van der Waals surface area contributed by atoms with Crippen LogP contribution < -0.4 is 0 Å². The van der Waals surface area contributed by atoms with E-state index in [2.05, 4.69) is 12.2 Å². The molecule has 0 amide bonds. The van der Waals surface area contributed by atoms with E-state index in [1.807, 2.05) is 12.2 Å². The minimum atomic E-state index is -1.06. The Kier molecular flexibility index (Phi) is 8.85. The standard InChI is InChI=1S/C20H30O6/c21-17(25-19(23)15-9-3-1-4-10-15)13-7-8-14-18(22)26-20(24)16-11-5-2-6-12-16/h1-3,5,15-16,19-20,23-24H,4,6-14H2. The number of hydrogen-bond acceptors (Lipinski definition) is 6. The van der Waals surface area contributed by atoms with Crippen molar-refractivity contribution in [3.05, 3.63) is 24.3 Å². The highest BCUT2D eigenvalue weighted by atomic mass is 16.6. The topological polar surface area (TPSA) is 93.1 Å². The molecule has 2 aliphatic carbocycles. The van der Waals surface area contributed by atoms with Crippen molar-refractivity contribution in [2.24, 2.45) is 11.8 Å². The molecule has 0 aromatic carbocycles. The smallest absolute Gasteiger partial charge is 0.308 e. The fraction of sp³-hybridized carbons (Fsp3) is 0.700. The number of allylic oxidation sites excluding steroid dienone is 4. The maximum atomic E-state index is 11.8. The van der Waals surface area contributed by atoms with Crippen molar-refractivity contribution in [3.8, 4) is 0 Å². The van der Waals surface area contributed by atoms with Crippen LogP contribution in [0.15, 0.2) is 24.3 Å². The molecule has 26 heavy (non-hydrogen) atoms. The van der Waals surface area contributed by atoms with Crippen molar-refractivity contribution < 1.29 is 29.3 Å². The summed E-state index contributed by atoms with van der Waals surface area (Å²) in [7, 11) is 0. The van der Waals surface area contributed by atoms with Gasteiger partial charge in [0, 0.05) is 24.7 Å². The number of carbonyl (C=O) groups is 2. The fourth-order valence-electron chi connectivity index (χ4n) is 3.27. The van der Waals surface area contributed by atoms with Crippen molar-refractivity contribution in [2.45, 2.75) is 76.8 Å². The summed E-state index contributed by atoms with van der Waals surface area (Å²) in [4.78, 5) is 23.5. The third-order valence-electron chi connectivity index (χ3n) is 4.94. The molecule has 0 bridgehead atoms. The van der Waals surface area contributed by atoms with Crippen LogP contribution in [0.3, 0.4) is 0 Å². The highest BCUT2D eigenvalue weighted by Crippen LogP contribution is 2.24. The van der Waals surface area contributed by atoms with Gasteiger partial charge in [0.2, 0.25) is 12.6 Å². The third-order valence-corrected chi connectivity index (χ3v) is 4.94. The Morgan fingerprint density at radius 3 is 1.58 bits per heavy atom. The van der Waals surface area contributed by atoms with Crippen molar-refractivity contribution in [1.82, 2.24) is 0 Å². The molecular weight excluding hydrogens is 336 g/mol. The molecule has 0 radical (unpaired) electrons. The summed E-state index contributed by atoms with van der Waals surface area (Å²) >= 11 is 0. The van der Waals surface area contributed by atoms with E-state index >= 15 is 0 Å². The molecule has 146 valence electrons. The number of ether oxygens (including phenoxy) is 2.